The van der Waals surface area contributed by atoms with Crippen LogP contribution >= 0.6 is 0 Å². The van der Waals surface area contributed by atoms with Crippen LogP contribution in [0.3, 0.4) is 0 Å². The summed E-state index contributed by atoms with van der Waals surface area (Å²) in [4.78, 5) is 25.0. The van der Waals surface area contributed by atoms with Crippen LogP contribution in [0.2, 0.25) is 0 Å². The fraction of sp³-hybridized carbons (Fsp3) is 0.263. The van der Waals surface area contributed by atoms with E-state index < -0.39 is 5.97 Å². The standard InChI is InChI=1S/C19H18N6O4/c1-11-15(12(2)25-19(22-11)20-10-21-25)8-17(26)28-9-16-23-18(24-29-16)13-5-4-6-14(7-13)27-3/h4-7,10H,8-9H2,1-3H3. The van der Waals surface area contributed by atoms with Crippen LogP contribution in [-0.2, 0) is 22.6 Å². The molecule has 0 unspecified atom stereocenters. The molecule has 0 atom stereocenters. The monoisotopic (exact) mass is 394 g/mol. The van der Waals surface area contributed by atoms with Gasteiger partial charge >= 0.3 is 5.97 Å². The van der Waals surface area contributed by atoms with Crippen LogP contribution in [0.1, 0.15) is 22.8 Å². The second-order valence-electron chi connectivity index (χ2n) is 6.31. The number of aromatic nitrogens is 6. The van der Waals surface area contributed by atoms with Gasteiger partial charge in [-0.1, -0.05) is 17.3 Å². The maximum atomic E-state index is 12.3. The fourth-order valence-corrected chi connectivity index (χ4v) is 2.94. The molecule has 0 saturated heterocycles. The van der Waals surface area contributed by atoms with E-state index in [1.165, 1.54) is 6.33 Å². The molecule has 0 fully saturated rings. The van der Waals surface area contributed by atoms with E-state index in [2.05, 4.69) is 25.2 Å². The van der Waals surface area contributed by atoms with Gasteiger partial charge < -0.3 is 14.0 Å². The number of nitrogens with zero attached hydrogens (tertiary/aromatic N) is 6. The van der Waals surface area contributed by atoms with Gasteiger partial charge in [0.05, 0.1) is 13.5 Å². The smallest absolute Gasteiger partial charge is 0.310 e. The van der Waals surface area contributed by atoms with Gasteiger partial charge in [0, 0.05) is 22.5 Å². The molecular weight excluding hydrogens is 376 g/mol. The van der Waals surface area contributed by atoms with E-state index in [0.717, 1.165) is 16.8 Å². The lowest BCUT2D eigenvalue weighted by Crippen LogP contribution is -2.13. The Balaban J connectivity index is 1.42. The molecule has 4 rings (SSSR count). The Hall–Kier alpha value is -3.82. The summed E-state index contributed by atoms with van der Waals surface area (Å²) < 4.78 is 17.3. The Kier molecular flexibility index (Phi) is 4.90. The van der Waals surface area contributed by atoms with E-state index in [1.807, 2.05) is 32.0 Å². The molecule has 3 heterocycles. The van der Waals surface area contributed by atoms with Crippen molar-refractivity contribution in [2.75, 3.05) is 7.11 Å². The molecule has 29 heavy (non-hydrogen) atoms. The summed E-state index contributed by atoms with van der Waals surface area (Å²) in [5, 5.41) is 8.03. The highest BCUT2D eigenvalue weighted by Gasteiger charge is 2.17. The number of hydrogen-bond acceptors (Lipinski definition) is 9. The molecule has 0 spiro atoms. The van der Waals surface area contributed by atoms with Crippen LogP contribution in [0.15, 0.2) is 35.1 Å². The molecule has 1 aromatic carbocycles. The predicted octanol–water partition coefficient (Wildman–Crippen LogP) is 2.09. The van der Waals surface area contributed by atoms with Gasteiger partial charge in [-0.05, 0) is 26.0 Å². The van der Waals surface area contributed by atoms with Crippen LogP contribution < -0.4 is 4.74 Å². The molecule has 0 aliphatic heterocycles. The Bertz CT molecular complexity index is 1180. The number of fused-ring (bicyclic) bond motifs is 1. The zero-order chi connectivity index (χ0) is 20.4. The van der Waals surface area contributed by atoms with Crippen molar-refractivity contribution in [3.05, 3.63) is 53.4 Å². The average Bonchev–Trinajstić information content (AvgIpc) is 3.39. The maximum Gasteiger partial charge on any atom is 0.310 e. The minimum absolute atomic E-state index is 0.0529. The summed E-state index contributed by atoms with van der Waals surface area (Å²) in [5.41, 5.74) is 2.98. The fourth-order valence-electron chi connectivity index (χ4n) is 2.94. The Morgan fingerprint density at radius 2 is 2.10 bits per heavy atom. The van der Waals surface area contributed by atoms with Crippen molar-refractivity contribution < 1.29 is 18.8 Å². The topological polar surface area (TPSA) is 118 Å². The minimum Gasteiger partial charge on any atom is -0.497 e. The van der Waals surface area contributed by atoms with Crippen LogP contribution in [0.5, 0.6) is 5.75 Å². The number of esters is 1. The Morgan fingerprint density at radius 3 is 2.93 bits per heavy atom. The molecule has 10 heteroatoms. The van der Waals surface area contributed by atoms with Gasteiger partial charge in [-0.2, -0.15) is 15.1 Å². The number of aryl methyl sites for hydroxylation is 2. The van der Waals surface area contributed by atoms with Gasteiger partial charge in [0.15, 0.2) is 6.61 Å². The number of carbonyl (C=O) groups is 1. The van der Waals surface area contributed by atoms with Crippen molar-refractivity contribution in [2.45, 2.75) is 26.9 Å². The van der Waals surface area contributed by atoms with Crippen LogP contribution in [0, 0.1) is 13.8 Å². The maximum absolute atomic E-state index is 12.3. The SMILES string of the molecule is COc1cccc(-c2noc(COC(=O)Cc3c(C)nc4ncnn4c3C)n2)c1. The van der Waals surface area contributed by atoms with Gasteiger partial charge in [0.2, 0.25) is 5.82 Å². The number of hydrogen-bond donors (Lipinski definition) is 0. The third-order valence-corrected chi connectivity index (χ3v) is 4.46. The number of carbonyl (C=O) groups excluding carboxylic acids is 1. The number of benzene rings is 1. The van der Waals surface area contributed by atoms with Crippen molar-refractivity contribution in [3.63, 3.8) is 0 Å². The van der Waals surface area contributed by atoms with E-state index >= 15 is 0 Å². The van der Waals surface area contributed by atoms with E-state index in [0.29, 0.717) is 23.0 Å². The van der Waals surface area contributed by atoms with E-state index in [4.69, 9.17) is 14.0 Å². The normalized spacial score (nSPS) is 11.0. The molecule has 10 nitrogen and oxygen atoms in total. The van der Waals surface area contributed by atoms with Crippen molar-refractivity contribution in [2.24, 2.45) is 0 Å². The second kappa shape index (κ2) is 7.66. The lowest BCUT2D eigenvalue weighted by atomic mass is 10.1. The zero-order valence-electron chi connectivity index (χ0n) is 16.1. The Labute approximate surface area is 165 Å². The first-order valence-corrected chi connectivity index (χ1v) is 8.83. The second-order valence-corrected chi connectivity index (χ2v) is 6.31. The summed E-state index contributed by atoms with van der Waals surface area (Å²) >= 11 is 0. The van der Waals surface area contributed by atoms with Gasteiger partial charge in [0.1, 0.15) is 12.1 Å². The zero-order valence-corrected chi connectivity index (χ0v) is 16.1. The Morgan fingerprint density at radius 1 is 1.24 bits per heavy atom. The number of ether oxygens (including phenoxy) is 2. The van der Waals surface area contributed by atoms with Crippen LogP contribution in [-0.4, -0.2) is 42.8 Å². The highest BCUT2D eigenvalue weighted by molar-refractivity contribution is 5.73. The van der Waals surface area contributed by atoms with Crippen molar-refractivity contribution in [3.8, 4) is 17.1 Å². The van der Waals surface area contributed by atoms with Crippen molar-refractivity contribution in [1.29, 1.82) is 0 Å². The van der Waals surface area contributed by atoms with Crippen molar-refractivity contribution in [1.82, 2.24) is 29.7 Å². The molecule has 0 saturated carbocycles. The summed E-state index contributed by atoms with van der Waals surface area (Å²) in [5.74, 6) is 1.34. The lowest BCUT2D eigenvalue weighted by molar-refractivity contribution is -0.144. The molecule has 0 bridgehead atoms. The summed E-state index contributed by atoms with van der Waals surface area (Å²) in [6.45, 7) is 3.56. The van der Waals surface area contributed by atoms with Crippen molar-refractivity contribution >= 4 is 11.7 Å². The molecule has 148 valence electrons. The summed E-state index contributed by atoms with van der Waals surface area (Å²) in [7, 11) is 1.58. The van der Waals surface area contributed by atoms with E-state index in [-0.39, 0.29) is 18.9 Å². The first kappa shape index (κ1) is 18.5. The molecule has 0 aliphatic rings. The molecule has 0 radical (unpaired) electrons. The molecule has 0 amide bonds. The molecule has 0 aliphatic carbocycles. The van der Waals surface area contributed by atoms with E-state index in [1.54, 1.807) is 17.7 Å². The number of rotatable bonds is 6. The third-order valence-electron chi connectivity index (χ3n) is 4.46. The summed E-state index contributed by atoms with van der Waals surface area (Å²) in [6.07, 6.45) is 1.48. The molecule has 4 aromatic rings. The molecule has 0 N–H and O–H groups in total. The molecular formula is C19H18N6O4. The third kappa shape index (κ3) is 3.77. The van der Waals surface area contributed by atoms with Gasteiger partial charge in [0.25, 0.3) is 11.7 Å². The first-order valence-electron chi connectivity index (χ1n) is 8.83. The number of methoxy groups -OCH3 is 1. The van der Waals surface area contributed by atoms with Gasteiger partial charge in [-0.15, -0.1) is 0 Å². The van der Waals surface area contributed by atoms with Crippen LogP contribution in [0.25, 0.3) is 17.2 Å². The first-order chi connectivity index (χ1) is 14.0. The highest BCUT2D eigenvalue weighted by atomic mass is 16.6. The van der Waals surface area contributed by atoms with Gasteiger partial charge in [-0.25, -0.2) is 9.50 Å². The van der Waals surface area contributed by atoms with E-state index in [9.17, 15) is 4.79 Å². The summed E-state index contributed by atoms with van der Waals surface area (Å²) in [6, 6.07) is 7.28. The van der Waals surface area contributed by atoms with Gasteiger partial charge in [-0.3, -0.25) is 4.79 Å². The lowest BCUT2D eigenvalue weighted by Gasteiger charge is -2.09. The highest BCUT2D eigenvalue weighted by Crippen LogP contribution is 2.21. The minimum atomic E-state index is -0.432. The quantitative estimate of drug-likeness (QED) is 0.453. The van der Waals surface area contributed by atoms with Crippen LogP contribution in [0.4, 0.5) is 0 Å². The average molecular weight is 394 g/mol. The molecule has 3 aromatic heterocycles. The largest absolute Gasteiger partial charge is 0.497 e. The predicted molar refractivity (Wildman–Crippen MR) is 100 cm³/mol.